The van der Waals surface area contributed by atoms with Crippen molar-refractivity contribution in [1.82, 2.24) is 4.57 Å². The highest BCUT2D eigenvalue weighted by atomic mass is 32.1. The van der Waals surface area contributed by atoms with Gasteiger partial charge in [-0.15, -0.1) is 11.3 Å². The summed E-state index contributed by atoms with van der Waals surface area (Å²) in [7, 11) is 0. The molecule has 3 aromatic heterocycles. The Kier molecular flexibility index (Phi) is 6.16. The van der Waals surface area contributed by atoms with E-state index < -0.39 is 0 Å². The molecule has 0 aliphatic rings. The minimum absolute atomic E-state index is 0.889. The van der Waals surface area contributed by atoms with E-state index in [2.05, 4.69) is 180 Å². The first-order chi connectivity index (χ1) is 25.3. The molecule has 2 nitrogen and oxygen atoms in total. The third-order valence-electron chi connectivity index (χ3n) is 10.4. The van der Waals surface area contributed by atoms with Crippen molar-refractivity contribution in [3.8, 4) is 39.1 Å². The van der Waals surface area contributed by atoms with Crippen LogP contribution in [0.1, 0.15) is 0 Å². The van der Waals surface area contributed by atoms with E-state index in [1.165, 1.54) is 64.3 Å². The highest BCUT2D eigenvalue weighted by Crippen LogP contribution is 2.46. The second-order valence-corrected chi connectivity index (χ2v) is 14.3. The molecule has 11 aromatic rings. The average Bonchev–Trinajstić information content (AvgIpc) is 3.88. The molecule has 0 saturated heterocycles. The summed E-state index contributed by atoms with van der Waals surface area (Å²) in [5.41, 5.74) is 12.4. The van der Waals surface area contributed by atoms with E-state index >= 15 is 0 Å². The van der Waals surface area contributed by atoms with Gasteiger partial charge in [0.2, 0.25) is 0 Å². The van der Waals surface area contributed by atoms with Crippen LogP contribution in [-0.4, -0.2) is 4.57 Å². The van der Waals surface area contributed by atoms with Crippen LogP contribution in [0.15, 0.2) is 180 Å². The number of fused-ring (bicyclic) bond motifs is 9. The minimum Gasteiger partial charge on any atom is -0.454 e. The number of thiophene rings is 1. The summed E-state index contributed by atoms with van der Waals surface area (Å²) in [4.78, 5) is 0. The van der Waals surface area contributed by atoms with E-state index in [9.17, 15) is 0 Å². The number of hydrogen-bond acceptors (Lipinski definition) is 2. The van der Waals surface area contributed by atoms with Crippen molar-refractivity contribution in [3.05, 3.63) is 176 Å². The molecule has 3 heteroatoms. The van der Waals surface area contributed by atoms with Crippen LogP contribution in [0.25, 0.3) is 103 Å². The van der Waals surface area contributed by atoms with Gasteiger partial charge in [0.05, 0.1) is 16.7 Å². The van der Waals surface area contributed by atoms with Gasteiger partial charge < -0.3 is 8.98 Å². The van der Waals surface area contributed by atoms with Crippen molar-refractivity contribution < 1.29 is 4.42 Å². The zero-order valence-electron chi connectivity index (χ0n) is 27.5. The van der Waals surface area contributed by atoms with E-state index in [1.807, 2.05) is 11.3 Å². The molecule has 0 N–H and O–H groups in total. The number of para-hydroxylation sites is 1. The van der Waals surface area contributed by atoms with Gasteiger partial charge in [-0.3, -0.25) is 0 Å². The molecule has 0 spiro atoms. The predicted molar refractivity (Wildman–Crippen MR) is 217 cm³/mol. The Morgan fingerprint density at radius 3 is 1.67 bits per heavy atom. The average molecular weight is 668 g/mol. The lowest BCUT2D eigenvalue weighted by Gasteiger charge is -2.10. The quantitative estimate of drug-likeness (QED) is 0.183. The first kappa shape index (κ1) is 28.4. The second-order valence-electron chi connectivity index (χ2n) is 13.2. The number of benzene rings is 8. The van der Waals surface area contributed by atoms with Crippen LogP contribution in [0.3, 0.4) is 0 Å². The summed E-state index contributed by atoms with van der Waals surface area (Å²) in [5, 5.41) is 7.31. The smallest absolute Gasteiger partial charge is 0.159 e. The number of furan rings is 1. The summed E-state index contributed by atoms with van der Waals surface area (Å²) >= 11 is 1.86. The van der Waals surface area contributed by atoms with Crippen molar-refractivity contribution >= 4 is 75.3 Å². The third-order valence-corrected chi connectivity index (χ3v) is 11.6. The van der Waals surface area contributed by atoms with Gasteiger partial charge in [-0.1, -0.05) is 127 Å². The summed E-state index contributed by atoms with van der Waals surface area (Å²) in [6.45, 7) is 0. The van der Waals surface area contributed by atoms with Gasteiger partial charge >= 0.3 is 0 Å². The van der Waals surface area contributed by atoms with Crippen molar-refractivity contribution in [2.75, 3.05) is 0 Å². The van der Waals surface area contributed by atoms with Gasteiger partial charge in [-0.25, -0.2) is 0 Å². The second kappa shape index (κ2) is 11.0. The molecule has 0 aliphatic carbocycles. The van der Waals surface area contributed by atoms with Crippen molar-refractivity contribution in [3.63, 3.8) is 0 Å². The largest absolute Gasteiger partial charge is 0.454 e. The number of nitrogens with zero attached hydrogens (tertiary/aromatic N) is 1. The van der Waals surface area contributed by atoms with Crippen LogP contribution in [0.2, 0.25) is 0 Å². The van der Waals surface area contributed by atoms with Gasteiger partial charge in [0.15, 0.2) is 5.58 Å². The molecule has 0 unspecified atom stereocenters. The maximum absolute atomic E-state index is 6.92. The molecule has 0 radical (unpaired) electrons. The lowest BCUT2D eigenvalue weighted by atomic mass is 9.95. The van der Waals surface area contributed by atoms with Gasteiger partial charge in [-0.05, 0) is 81.9 Å². The molecular weight excluding hydrogens is 639 g/mol. The third kappa shape index (κ3) is 4.29. The summed E-state index contributed by atoms with van der Waals surface area (Å²) < 4.78 is 11.9. The maximum Gasteiger partial charge on any atom is 0.159 e. The molecule has 0 amide bonds. The first-order valence-electron chi connectivity index (χ1n) is 17.3. The van der Waals surface area contributed by atoms with Crippen LogP contribution < -0.4 is 0 Å². The highest BCUT2D eigenvalue weighted by Gasteiger charge is 2.21. The molecule has 0 atom stereocenters. The summed E-state index contributed by atoms with van der Waals surface area (Å²) in [6, 6.07) is 63.5. The first-order valence-corrected chi connectivity index (χ1v) is 18.2. The number of rotatable bonds is 4. The van der Waals surface area contributed by atoms with E-state index in [1.54, 1.807) is 0 Å². The van der Waals surface area contributed by atoms with Crippen LogP contribution in [0.4, 0.5) is 0 Å². The number of aromatic nitrogens is 1. The Balaban J connectivity index is 1.19. The molecule has 0 saturated carbocycles. The van der Waals surface area contributed by atoms with Crippen molar-refractivity contribution in [2.45, 2.75) is 0 Å². The Labute approximate surface area is 298 Å². The normalized spacial score (nSPS) is 11.9. The van der Waals surface area contributed by atoms with Gasteiger partial charge in [0.25, 0.3) is 0 Å². The fraction of sp³-hybridized carbons (Fsp3) is 0. The zero-order valence-corrected chi connectivity index (χ0v) is 28.3. The van der Waals surface area contributed by atoms with Crippen molar-refractivity contribution in [1.29, 1.82) is 0 Å². The molecule has 8 aromatic carbocycles. The maximum atomic E-state index is 6.92. The van der Waals surface area contributed by atoms with E-state index in [4.69, 9.17) is 4.42 Å². The standard InChI is InChI=1S/C48H29NOS/c1-3-12-30(13-4-1)32-24-26-40-38(28-32)39-29-33(31-14-5-2-6-15-31)25-27-41(39)49(40)42-20-9-19-37-46-34(17-10-21-43(46)50-48(37)42)35-18-11-23-45-47(35)36-16-7-8-22-44(36)51-45/h1-29H. The molecule has 0 bridgehead atoms. The van der Waals surface area contributed by atoms with Crippen LogP contribution in [-0.2, 0) is 0 Å². The monoisotopic (exact) mass is 667 g/mol. The van der Waals surface area contributed by atoms with Gasteiger partial charge in [0, 0.05) is 41.7 Å². The molecular formula is C48H29NOS. The van der Waals surface area contributed by atoms with E-state index in [0.717, 1.165) is 38.7 Å². The molecule has 3 heterocycles. The Bertz CT molecular complexity index is 3030. The Hall–Kier alpha value is -6.42. The summed E-state index contributed by atoms with van der Waals surface area (Å²) in [6.07, 6.45) is 0. The lowest BCUT2D eigenvalue weighted by molar-refractivity contribution is 0.666. The van der Waals surface area contributed by atoms with Gasteiger partial charge in [-0.2, -0.15) is 0 Å². The van der Waals surface area contributed by atoms with Crippen LogP contribution in [0.5, 0.6) is 0 Å². The molecule has 51 heavy (non-hydrogen) atoms. The fourth-order valence-electron chi connectivity index (χ4n) is 8.14. The predicted octanol–water partition coefficient (Wildman–Crippen LogP) is 14.1. The molecule has 238 valence electrons. The molecule has 0 fully saturated rings. The summed E-state index contributed by atoms with van der Waals surface area (Å²) in [5.74, 6) is 0. The Morgan fingerprint density at radius 2 is 0.961 bits per heavy atom. The lowest BCUT2D eigenvalue weighted by Crippen LogP contribution is -1.94. The SMILES string of the molecule is c1ccc(-c2ccc3c(c2)c2cc(-c4ccccc4)ccc2n3-c2cccc3c2oc2cccc(-c4cccc5sc6ccccc6c45)c23)cc1. The highest BCUT2D eigenvalue weighted by molar-refractivity contribution is 7.25. The zero-order chi connectivity index (χ0) is 33.5. The van der Waals surface area contributed by atoms with Gasteiger partial charge in [0.1, 0.15) is 5.58 Å². The molecule has 11 rings (SSSR count). The van der Waals surface area contributed by atoms with Crippen molar-refractivity contribution in [2.24, 2.45) is 0 Å². The topological polar surface area (TPSA) is 18.1 Å². The fourth-order valence-corrected chi connectivity index (χ4v) is 9.27. The van der Waals surface area contributed by atoms with Crippen LogP contribution in [0, 0.1) is 0 Å². The minimum atomic E-state index is 0.889. The number of hydrogen-bond donors (Lipinski definition) is 0. The Morgan fingerprint density at radius 1 is 0.392 bits per heavy atom. The van der Waals surface area contributed by atoms with E-state index in [-0.39, 0.29) is 0 Å². The van der Waals surface area contributed by atoms with Crippen LogP contribution >= 0.6 is 11.3 Å². The molecule has 0 aliphatic heterocycles. The van der Waals surface area contributed by atoms with E-state index in [0.29, 0.717) is 0 Å².